The highest BCUT2D eigenvalue weighted by Crippen LogP contribution is 2.35. The van der Waals surface area contributed by atoms with Crippen molar-refractivity contribution in [3.63, 3.8) is 0 Å². The lowest BCUT2D eigenvalue weighted by Crippen LogP contribution is -2.30. The predicted molar refractivity (Wildman–Crippen MR) is 97.3 cm³/mol. The van der Waals surface area contributed by atoms with Crippen molar-refractivity contribution in [2.75, 3.05) is 6.61 Å². The van der Waals surface area contributed by atoms with Crippen LogP contribution in [0.2, 0.25) is 10.0 Å². The summed E-state index contributed by atoms with van der Waals surface area (Å²) in [6, 6.07) is 5.22. The maximum Gasteiger partial charge on any atom is 0.137 e. The standard InChI is InChI=1S/C18H21Cl2N3O/c1-4-5-14(11-23-13-21-12-22-23)18(2,3)8-9-24-17-7-6-15(19)10-16(17)20/h1,6-7,10,12-14H,5,8-9,11H2,2-3H3. The third kappa shape index (κ3) is 5.15. The highest BCUT2D eigenvalue weighted by Gasteiger charge is 2.29. The van der Waals surface area contributed by atoms with Gasteiger partial charge >= 0.3 is 0 Å². The van der Waals surface area contributed by atoms with Gasteiger partial charge in [-0.3, -0.25) is 4.68 Å². The van der Waals surface area contributed by atoms with Crippen LogP contribution in [0.4, 0.5) is 0 Å². The van der Waals surface area contributed by atoms with Crippen LogP contribution in [0.3, 0.4) is 0 Å². The molecule has 0 spiro atoms. The number of aromatic nitrogens is 3. The molecule has 0 aliphatic heterocycles. The Kier molecular flexibility index (Phi) is 6.53. The van der Waals surface area contributed by atoms with Gasteiger partial charge in [-0.1, -0.05) is 37.0 Å². The zero-order valence-electron chi connectivity index (χ0n) is 13.9. The molecule has 2 rings (SSSR count). The summed E-state index contributed by atoms with van der Waals surface area (Å²) in [5.41, 5.74) is -0.0166. The molecule has 4 nitrogen and oxygen atoms in total. The van der Waals surface area contributed by atoms with Gasteiger partial charge < -0.3 is 4.74 Å². The molecule has 0 amide bonds. The lowest BCUT2D eigenvalue weighted by atomic mass is 9.75. The quantitative estimate of drug-likeness (QED) is 0.635. The molecule has 0 bridgehead atoms. The van der Waals surface area contributed by atoms with E-state index in [-0.39, 0.29) is 11.3 Å². The van der Waals surface area contributed by atoms with E-state index in [1.807, 2.05) is 4.68 Å². The van der Waals surface area contributed by atoms with Gasteiger partial charge in [-0.25, -0.2) is 4.98 Å². The van der Waals surface area contributed by atoms with Crippen LogP contribution >= 0.6 is 23.2 Å². The highest BCUT2D eigenvalue weighted by atomic mass is 35.5. The normalized spacial score (nSPS) is 12.6. The Morgan fingerprint density at radius 2 is 2.17 bits per heavy atom. The average Bonchev–Trinajstić information content (AvgIpc) is 3.02. The minimum absolute atomic E-state index is 0.0166. The van der Waals surface area contributed by atoms with E-state index in [1.165, 1.54) is 6.33 Å². The van der Waals surface area contributed by atoms with Crippen LogP contribution < -0.4 is 4.74 Å². The summed E-state index contributed by atoms with van der Waals surface area (Å²) < 4.78 is 7.63. The van der Waals surface area contributed by atoms with Crippen LogP contribution in [0, 0.1) is 23.7 Å². The molecule has 0 N–H and O–H groups in total. The molecule has 0 saturated heterocycles. The third-order valence-corrected chi connectivity index (χ3v) is 4.77. The zero-order valence-corrected chi connectivity index (χ0v) is 15.4. The molecule has 2 aromatic rings. The molecule has 0 radical (unpaired) electrons. The molecular weight excluding hydrogens is 345 g/mol. The monoisotopic (exact) mass is 365 g/mol. The van der Waals surface area contributed by atoms with Crippen molar-refractivity contribution in [1.29, 1.82) is 0 Å². The number of halogens is 2. The minimum Gasteiger partial charge on any atom is -0.492 e. The third-order valence-electron chi connectivity index (χ3n) is 4.24. The van der Waals surface area contributed by atoms with Crippen molar-refractivity contribution >= 4 is 23.2 Å². The maximum atomic E-state index is 6.13. The SMILES string of the molecule is C#CCC(Cn1cncn1)C(C)(C)CCOc1ccc(Cl)cc1Cl. The number of benzene rings is 1. The first-order chi connectivity index (χ1) is 11.4. The molecule has 1 atom stereocenters. The number of terminal acetylenes is 1. The van der Waals surface area contributed by atoms with E-state index in [0.717, 1.165) is 13.0 Å². The van der Waals surface area contributed by atoms with E-state index in [0.29, 0.717) is 28.8 Å². The van der Waals surface area contributed by atoms with E-state index in [9.17, 15) is 0 Å². The Morgan fingerprint density at radius 3 is 2.79 bits per heavy atom. The number of hydrogen-bond acceptors (Lipinski definition) is 3. The number of nitrogens with zero attached hydrogens (tertiary/aromatic N) is 3. The Hall–Kier alpha value is -1.70. The van der Waals surface area contributed by atoms with Gasteiger partial charge in [0.1, 0.15) is 18.4 Å². The van der Waals surface area contributed by atoms with Gasteiger partial charge in [0, 0.05) is 18.0 Å². The Balaban J connectivity index is 1.95. The van der Waals surface area contributed by atoms with Crippen LogP contribution in [-0.4, -0.2) is 21.4 Å². The molecule has 0 saturated carbocycles. The second-order valence-corrected chi connectivity index (χ2v) is 7.23. The Morgan fingerprint density at radius 1 is 1.38 bits per heavy atom. The molecule has 6 heteroatoms. The molecule has 0 aliphatic carbocycles. The van der Waals surface area contributed by atoms with E-state index in [4.69, 9.17) is 34.4 Å². The van der Waals surface area contributed by atoms with E-state index >= 15 is 0 Å². The fourth-order valence-electron chi connectivity index (χ4n) is 2.50. The summed E-state index contributed by atoms with van der Waals surface area (Å²) >= 11 is 12.0. The second-order valence-electron chi connectivity index (χ2n) is 6.38. The summed E-state index contributed by atoms with van der Waals surface area (Å²) in [7, 11) is 0. The van der Waals surface area contributed by atoms with Gasteiger partial charge in [0.15, 0.2) is 0 Å². The van der Waals surface area contributed by atoms with E-state index < -0.39 is 0 Å². The molecule has 0 fully saturated rings. The average molecular weight is 366 g/mol. The molecule has 1 aromatic heterocycles. The van der Waals surface area contributed by atoms with Crippen LogP contribution in [-0.2, 0) is 6.54 Å². The molecule has 24 heavy (non-hydrogen) atoms. The topological polar surface area (TPSA) is 39.9 Å². The number of ether oxygens (including phenoxy) is 1. The fraction of sp³-hybridized carbons (Fsp3) is 0.444. The number of rotatable bonds is 8. The highest BCUT2D eigenvalue weighted by molar-refractivity contribution is 6.35. The largest absolute Gasteiger partial charge is 0.492 e. The van der Waals surface area contributed by atoms with Crippen LogP contribution in [0.1, 0.15) is 26.7 Å². The van der Waals surface area contributed by atoms with Crippen molar-refractivity contribution in [2.24, 2.45) is 11.3 Å². The van der Waals surface area contributed by atoms with Crippen molar-refractivity contribution in [1.82, 2.24) is 14.8 Å². The lowest BCUT2D eigenvalue weighted by molar-refractivity contribution is 0.138. The molecule has 1 unspecified atom stereocenters. The van der Waals surface area contributed by atoms with Gasteiger partial charge in [-0.15, -0.1) is 12.3 Å². The summed E-state index contributed by atoms with van der Waals surface area (Å²) in [6.07, 6.45) is 10.3. The fourth-order valence-corrected chi connectivity index (χ4v) is 2.97. The number of hydrogen-bond donors (Lipinski definition) is 0. The van der Waals surface area contributed by atoms with Crippen molar-refractivity contribution < 1.29 is 4.74 Å². The summed E-state index contributed by atoms with van der Waals surface area (Å²) in [6.45, 7) is 5.67. The molecule has 128 valence electrons. The Labute approximate surface area is 153 Å². The molecule has 1 aromatic carbocycles. The Bertz CT molecular complexity index is 693. The predicted octanol–water partition coefficient (Wildman–Crippen LogP) is 4.72. The molecule has 1 heterocycles. The van der Waals surface area contributed by atoms with Crippen LogP contribution in [0.15, 0.2) is 30.9 Å². The van der Waals surface area contributed by atoms with Crippen LogP contribution in [0.25, 0.3) is 0 Å². The van der Waals surface area contributed by atoms with Crippen molar-refractivity contribution in [3.8, 4) is 18.1 Å². The second kappa shape index (κ2) is 8.41. The summed E-state index contributed by atoms with van der Waals surface area (Å²) in [5, 5.41) is 5.28. The first-order valence-corrected chi connectivity index (χ1v) is 8.51. The van der Waals surface area contributed by atoms with Gasteiger partial charge in [0.05, 0.1) is 11.6 Å². The first-order valence-electron chi connectivity index (χ1n) is 7.76. The van der Waals surface area contributed by atoms with Crippen LogP contribution in [0.5, 0.6) is 5.75 Å². The van der Waals surface area contributed by atoms with Gasteiger partial charge in [0.2, 0.25) is 0 Å². The van der Waals surface area contributed by atoms with Crippen molar-refractivity contribution in [2.45, 2.75) is 33.2 Å². The smallest absolute Gasteiger partial charge is 0.137 e. The first kappa shape index (κ1) is 18.6. The summed E-state index contributed by atoms with van der Waals surface area (Å²) in [5.74, 6) is 3.68. The van der Waals surface area contributed by atoms with Gasteiger partial charge in [-0.2, -0.15) is 5.10 Å². The molecule has 0 aliphatic rings. The zero-order chi connectivity index (χ0) is 17.6. The minimum atomic E-state index is -0.0166. The van der Waals surface area contributed by atoms with E-state index in [1.54, 1.807) is 24.5 Å². The summed E-state index contributed by atoms with van der Waals surface area (Å²) in [4.78, 5) is 3.99. The van der Waals surface area contributed by atoms with E-state index in [2.05, 4.69) is 29.9 Å². The van der Waals surface area contributed by atoms with Crippen molar-refractivity contribution in [3.05, 3.63) is 40.9 Å². The van der Waals surface area contributed by atoms with Gasteiger partial charge in [0.25, 0.3) is 0 Å². The molecular formula is C18H21Cl2N3O. The van der Waals surface area contributed by atoms with Gasteiger partial charge in [-0.05, 0) is 36.0 Å². The maximum absolute atomic E-state index is 6.13. The lowest BCUT2D eigenvalue weighted by Gasteiger charge is -2.33.